The molecule has 96 valence electrons. The number of piperazine rings is 1. The van der Waals surface area contributed by atoms with E-state index in [4.69, 9.17) is 0 Å². The van der Waals surface area contributed by atoms with Crippen molar-refractivity contribution < 1.29 is 0 Å². The molecule has 0 radical (unpaired) electrons. The number of hydrogen-bond donors (Lipinski definition) is 1. The number of hydrogen-bond acceptors (Lipinski definition) is 3. The summed E-state index contributed by atoms with van der Waals surface area (Å²) in [5.74, 6) is 0. The van der Waals surface area contributed by atoms with Gasteiger partial charge in [-0.2, -0.15) is 0 Å². The van der Waals surface area contributed by atoms with Crippen molar-refractivity contribution in [1.29, 1.82) is 0 Å². The smallest absolute Gasteiger partial charge is 0.137 e. The standard InChI is InChI=1S/C14H20N4/c1-14(2)11-17(8-6-15-14)9-12-10-18-7-4-3-5-13(18)16-12/h3-5,7,10,15H,6,8-9,11H2,1-2H3. The van der Waals surface area contributed by atoms with E-state index in [1.165, 1.54) is 0 Å². The van der Waals surface area contributed by atoms with Crippen LogP contribution in [0.2, 0.25) is 0 Å². The Labute approximate surface area is 108 Å². The molecule has 0 aromatic carbocycles. The van der Waals surface area contributed by atoms with Crippen LogP contribution in [0.15, 0.2) is 30.6 Å². The average molecular weight is 244 g/mol. The van der Waals surface area contributed by atoms with Crippen LogP contribution in [0.5, 0.6) is 0 Å². The fraction of sp³-hybridized carbons (Fsp3) is 0.500. The van der Waals surface area contributed by atoms with Gasteiger partial charge in [0.25, 0.3) is 0 Å². The summed E-state index contributed by atoms with van der Waals surface area (Å²) in [6.45, 7) is 8.66. The lowest BCUT2D eigenvalue weighted by atomic mass is 10.0. The van der Waals surface area contributed by atoms with Crippen molar-refractivity contribution in [1.82, 2.24) is 19.6 Å². The van der Waals surface area contributed by atoms with E-state index in [9.17, 15) is 0 Å². The van der Waals surface area contributed by atoms with E-state index in [-0.39, 0.29) is 5.54 Å². The molecule has 3 heterocycles. The van der Waals surface area contributed by atoms with Gasteiger partial charge in [-0.15, -0.1) is 0 Å². The number of nitrogens with zero attached hydrogens (tertiary/aromatic N) is 3. The van der Waals surface area contributed by atoms with Gasteiger partial charge in [-0.1, -0.05) is 6.07 Å². The van der Waals surface area contributed by atoms with E-state index in [2.05, 4.69) is 39.6 Å². The van der Waals surface area contributed by atoms with Crippen LogP contribution in [-0.2, 0) is 6.54 Å². The van der Waals surface area contributed by atoms with Gasteiger partial charge < -0.3 is 9.72 Å². The van der Waals surface area contributed by atoms with Crippen LogP contribution < -0.4 is 5.32 Å². The van der Waals surface area contributed by atoms with Crippen LogP contribution in [0.4, 0.5) is 0 Å². The first kappa shape index (κ1) is 11.7. The van der Waals surface area contributed by atoms with Crippen LogP contribution >= 0.6 is 0 Å². The molecule has 0 saturated carbocycles. The van der Waals surface area contributed by atoms with Crippen LogP contribution in [0, 0.1) is 0 Å². The lowest BCUT2D eigenvalue weighted by Gasteiger charge is -2.38. The molecule has 1 aliphatic heterocycles. The highest BCUT2D eigenvalue weighted by molar-refractivity contribution is 5.39. The minimum atomic E-state index is 0.206. The Morgan fingerprint density at radius 2 is 2.28 bits per heavy atom. The summed E-state index contributed by atoms with van der Waals surface area (Å²) in [5.41, 5.74) is 2.39. The number of nitrogens with one attached hydrogen (secondary N) is 1. The van der Waals surface area contributed by atoms with E-state index in [1.54, 1.807) is 0 Å². The van der Waals surface area contributed by atoms with Gasteiger partial charge in [0.1, 0.15) is 5.65 Å². The summed E-state index contributed by atoms with van der Waals surface area (Å²) in [7, 11) is 0. The third-order valence-electron chi connectivity index (χ3n) is 3.45. The normalized spacial score (nSPS) is 20.3. The number of pyridine rings is 1. The average Bonchev–Trinajstić information content (AvgIpc) is 2.69. The van der Waals surface area contributed by atoms with Gasteiger partial charge in [-0.05, 0) is 26.0 Å². The second-order valence-corrected chi connectivity index (χ2v) is 5.72. The third-order valence-corrected chi connectivity index (χ3v) is 3.45. The zero-order chi connectivity index (χ0) is 12.6. The molecule has 3 rings (SSSR count). The molecule has 0 bridgehead atoms. The first-order valence-electron chi connectivity index (χ1n) is 6.52. The zero-order valence-corrected chi connectivity index (χ0v) is 11.1. The summed E-state index contributed by atoms with van der Waals surface area (Å²) in [6, 6.07) is 6.11. The first-order valence-corrected chi connectivity index (χ1v) is 6.52. The monoisotopic (exact) mass is 244 g/mol. The molecule has 2 aromatic heterocycles. The maximum Gasteiger partial charge on any atom is 0.137 e. The van der Waals surface area contributed by atoms with Gasteiger partial charge in [-0.25, -0.2) is 4.98 Å². The Morgan fingerprint density at radius 3 is 3.06 bits per heavy atom. The molecule has 1 aliphatic rings. The Hall–Kier alpha value is -1.39. The van der Waals surface area contributed by atoms with Crippen molar-refractivity contribution in [2.45, 2.75) is 25.9 Å². The zero-order valence-electron chi connectivity index (χ0n) is 11.1. The van der Waals surface area contributed by atoms with Gasteiger partial charge in [0.05, 0.1) is 5.69 Å². The molecule has 0 atom stereocenters. The van der Waals surface area contributed by atoms with E-state index < -0.39 is 0 Å². The van der Waals surface area contributed by atoms with Crippen LogP contribution in [0.25, 0.3) is 5.65 Å². The first-order chi connectivity index (χ1) is 8.62. The number of imidazole rings is 1. The topological polar surface area (TPSA) is 32.6 Å². The van der Waals surface area contributed by atoms with Gasteiger partial charge in [-0.3, -0.25) is 4.90 Å². The van der Waals surface area contributed by atoms with Crippen molar-refractivity contribution >= 4 is 5.65 Å². The maximum absolute atomic E-state index is 4.66. The SMILES string of the molecule is CC1(C)CN(Cc2cn3ccccc3n2)CCN1. The van der Waals surface area contributed by atoms with E-state index >= 15 is 0 Å². The summed E-state index contributed by atoms with van der Waals surface area (Å²) in [6.07, 6.45) is 4.18. The molecule has 4 heteroatoms. The highest BCUT2D eigenvalue weighted by atomic mass is 15.2. The highest BCUT2D eigenvalue weighted by Gasteiger charge is 2.25. The van der Waals surface area contributed by atoms with Crippen molar-refractivity contribution in [3.63, 3.8) is 0 Å². The molecule has 18 heavy (non-hydrogen) atoms. The highest BCUT2D eigenvalue weighted by Crippen LogP contribution is 2.13. The fourth-order valence-corrected chi connectivity index (χ4v) is 2.67. The predicted molar refractivity (Wildman–Crippen MR) is 72.6 cm³/mol. The molecule has 0 aliphatic carbocycles. The van der Waals surface area contributed by atoms with Gasteiger partial charge in [0.15, 0.2) is 0 Å². The minimum absolute atomic E-state index is 0.206. The van der Waals surface area contributed by atoms with E-state index in [0.717, 1.165) is 37.5 Å². The number of fused-ring (bicyclic) bond motifs is 1. The Bertz CT molecular complexity index is 510. The molecule has 1 saturated heterocycles. The van der Waals surface area contributed by atoms with Crippen molar-refractivity contribution in [3.8, 4) is 0 Å². The van der Waals surface area contributed by atoms with E-state index in [0.29, 0.717) is 0 Å². The molecule has 4 nitrogen and oxygen atoms in total. The lowest BCUT2D eigenvalue weighted by molar-refractivity contribution is 0.147. The Morgan fingerprint density at radius 1 is 1.39 bits per heavy atom. The third kappa shape index (κ3) is 2.40. The summed E-state index contributed by atoms with van der Waals surface area (Å²) in [5, 5.41) is 3.53. The fourth-order valence-electron chi connectivity index (χ4n) is 2.67. The summed E-state index contributed by atoms with van der Waals surface area (Å²) >= 11 is 0. The molecular weight excluding hydrogens is 224 g/mol. The van der Waals surface area contributed by atoms with Gasteiger partial charge in [0.2, 0.25) is 0 Å². The van der Waals surface area contributed by atoms with Crippen LogP contribution in [0.1, 0.15) is 19.5 Å². The van der Waals surface area contributed by atoms with Crippen molar-refractivity contribution in [3.05, 3.63) is 36.3 Å². The maximum atomic E-state index is 4.66. The predicted octanol–water partition coefficient (Wildman–Crippen LogP) is 1.52. The Balaban J connectivity index is 1.76. The Kier molecular flexibility index (Phi) is 2.84. The van der Waals surface area contributed by atoms with Crippen LogP contribution in [-0.4, -0.2) is 39.5 Å². The summed E-state index contributed by atoms with van der Waals surface area (Å²) < 4.78 is 2.09. The number of rotatable bonds is 2. The molecule has 2 aromatic rings. The number of aromatic nitrogens is 2. The van der Waals surface area contributed by atoms with Gasteiger partial charge in [0, 0.05) is 44.1 Å². The quantitative estimate of drug-likeness (QED) is 0.869. The molecule has 0 amide bonds. The molecule has 1 N–H and O–H groups in total. The molecule has 0 unspecified atom stereocenters. The second kappa shape index (κ2) is 4.37. The molecular formula is C14H20N4. The lowest BCUT2D eigenvalue weighted by Crippen LogP contribution is -2.56. The largest absolute Gasteiger partial charge is 0.309 e. The summed E-state index contributed by atoms with van der Waals surface area (Å²) in [4.78, 5) is 7.13. The minimum Gasteiger partial charge on any atom is -0.309 e. The van der Waals surface area contributed by atoms with Crippen molar-refractivity contribution in [2.75, 3.05) is 19.6 Å². The molecule has 0 spiro atoms. The van der Waals surface area contributed by atoms with Gasteiger partial charge >= 0.3 is 0 Å². The molecule has 1 fully saturated rings. The van der Waals surface area contributed by atoms with Crippen LogP contribution in [0.3, 0.4) is 0 Å². The van der Waals surface area contributed by atoms with Crippen molar-refractivity contribution in [2.24, 2.45) is 0 Å². The second-order valence-electron chi connectivity index (χ2n) is 5.72. The van der Waals surface area contributed by atoms with E-state index in [1.807, 2.05) is 24.4 Å².